The van der Waals surface area contributed by atoms with Crippen LogP contribution in [0.1, 0.15) is 5.56 Å². The molecule has 1 N–H and O–H groups in total. The number of amides is 2. The fourth-order valence-corrected chi connectivity index (χ4v) is 4.27. The normalized spacial score (nSPS) is 14.2. The first-order valence-electron chi connectivity index (χ1n) is 10.7. The Hall–Kier alpha value is -3.10. The van der Waals surface area contributed by atoms with Crippen LogP contribution in [0.15, 0.2) is 77.0 Å². The Morgan fingerprint density at radius 2 is 1.78 bits per heavy atom. The van der Waals surface area contributed by atoms with E-state index in [1.807, 2.05) is 60.4 Å². The predicted octanol–water partition coefficient (Wildman–Crippen LogP) is 4.16. The molecule has 0 bridgehead atoms. The maximum absolute atomic E-state index is 12.7. The van der Waals surface area contributed by atoms with Crippen molar-refractivity contribution in [3.63, 3.8) is 0 Å². The largest absolute Gasteiger partial charge is 0.492 e. The molecule has 1 aliphatic rings. The van der Waals surface area contributed by atoms with Crippen molar-refractivity contribution in [3.8, 4) is 5.75 Å². The Balaban J connectivity index is 1.22. The summed E-state index contributed by atoms with van der Waals surface area (Å²) >= 11 is 1.50. The van der Waals surface area contributed by atoms with Gasteiger partial charge in [0.25, 0.3) is 0 Å². The summed E-state index contributed by atoms with van der Waals surface area (Å²) in [6.07, 6.45) is 3.46. The van der Waals surface area contributed by atoms with Crippen molar-refractivity contribution in [3.05, 3.63) is 72.6 Å². The number of carbonyl (C=O) groups excluding carboxylic acids is 1. The van der Waals surface area contributed by atoms with Gasteiger partial charge in [0, 0.05) is 55.7 Å². The van der Waals surface area contributed by atoms with E-state index in [1.165, 1.54) is 11.8 Å². The molecule has 1 aliphatic heterocycles. The molecule has 0 atom stereocenters. The smallest absolute Gasteiger partial charge is 0.321 e. The van der Waals surface area contributed by atoms with Crippen molar-refractivity contribution >= 4 is 23.5 Å². The fourth-order valence-electron chi connectivity index (χ4n) is 3.46. The highest BCUT2D eigenvalue weighted by atomic mass is 32.2. The average Bonchev–Trinajstić information content (AvgIpc) is 2.82. The molecule has 1 saturated heterocycles. The summed E-state index contributed by atoms with van der Waals surface area (Å²) in [7, 11) is 0. The number of piperazine rings is 1. The number of benzene rings is 2. The quantitative estimate of drug-likeness (QED) is 0.546. The molecular formula is C24H27N5O2S. The number of urea groups is 1. The third-order valence-corrected chi connectivity index (χ3v) is 6.15. The van der Waals surface area contributed by atoms with Crippen LogP contribution in [0.5, 0.6) is 5.75 Å². The third kappa shape index (κ3) is 6.21. The van der Waals surface area contributed by atoms with Crippen LogP contribution >= 0.6 is 11.8 Å². The van der Waals surface area contributed by atoms with Crippen LogP contribution in [0, 0.1) is 6.92 Å². The number of carbonyl (C=O) groups is 1. The van der Waals surface area contributed by atoms with Crippen LogP contribution in [0.4, 0.5) is 10.5 Å². The number of nitrogens with zero attached hydrogens (tertiary/aromatic N) is 4. The van der Waals surface area contributed by atoms with Gasteiger partial charge in [0.1, 0.15) is 12.4 Å². The van der Waals surface area contributed by atoms with Gasteiger partial charge in [-0.25, -0.2) is 14.8 Å². The highest BCUT2D eigenvalue weighted by Crippen LogP contribution is 2.28. The zero-order chi connectivity index (χ0) is 22.2. The van der Waals surface area contributed by atoms with Gasteiger partial charge >= 0.3 is 6.03 Å². The predicted molar refractivity (Wildman–Crippen MR) is 126 cm³/mol. The molecule has 0 radical (unpaired) electrons. The minimum atomic E-state index is -0.0555. The summed E-state index contributed by atoms with van der Waals surface area (Å²) in [4.78, 5) is 26.5. The van der Waals surface area contributed by atoms with Crippen molar-refractivity contribution in [2.75, 3.05) is 44.6 Å². The zero-order valence-corrected chi connectivity index (χ0v) is 18.9. The number of ether oxygens (including phenoxy) is 1. The van der Waals surface area contributed by atoms with Crippen LogP contribution in [0.2, 0.25) is 0 Å². The molecule has 7 nitrogen and oxygen atoms in total. The molecule has 3 aromatic rings. The molecule has 8 heteroatoms. The van der Waals surface area contributed by atoms with Crippen LogP contribution in [-0.2, 0) is 0 Å². The van der Waals surface area contributed by atoms with Crippen LogP contribution in [0.25, 0.3) is 0 Å². The Bertz CT molecular complexity index is 1010. The molecule has 4 rings (SSSR count). The summed E-state index contributed by atoms with van der Waals surface area (Å²) in [6.45, 7) is 6.59. The number of aryl methyl sites for hydroxylation is 1. The van der Waals surface area contributed by atoms with Gasteiger partial charge in [-0.05, 0) is 60.6 Å². The molecule has 0 unspecified atom stereocenters. The van der Waals surface area contributed by atoms with Crippen molar-refractivity contribution in [1.29, 1.82) is 0 Å². The molecule has 0 aliphatic carbocycles. The lowest BCUT2D eigenvalue weighted by Gasteiger charge is -2.34. The van der Waals surface area contributed by atoms with Crippen molar-refractivity contribution < 1.29 is 9.53 Å². The lowest BCUT2D eigenvalue weighted by Crippen LogP contribution is -2.50. The van der Waals surface area contributed by atoms with Gasteiger partial charge in [0.2, 0.25) is 0 Å². The van der Waals surface area contributed by atoms with Gasteiger partial charge in [0.15, 0.2) is 5.16 Å². The standard InChI is InChI=1S/C24H27N5O2S/c1-19-18-21(32-23-25-10-5-11-26-23)8-9-22(19)27-24(30)29-14-12-28(13-15-29)16-17-31-20-6-3-2-4-7-20/h2-11,18H,12-17H2,1H3,(H,27,30). The van der Waals surface area contributed by atoms with E-state index in [2.05, 4.69) is 20.2 Å². The van der Waals surface area contributed by atoms with Crippen molar-refractivity contribution in [1.82, 2.24) is 19.8 Å². The summed E-state index contributed by atoms with van der Waals surface area (Å²) in [5.41, 5.74) is 1.84. The molecule has 2 amide bonds. The van der Waals surface area contributed by atoms with E-state index in [-0.39, 0.29) is 6.03 Å². The monoisotopic (exact) mass is 449 g/mol. The van der Waals surface area contributed by atoms with E-state index in [0.29, 0.717) is 24.9 Å². The summed E-state index contributed by atoms with van der Waals surface area (Å²) in [6, 6.07) is 17.6. The van der Waals surface area contributed by atoms with Gasteiger partial charge in [-0.1, -0.05) is 18.2 Å². The van der Waals surface area contributed by atoms with Gasteiger partial charge in [-0.3, -0.25) is 4.90 Å². The van der Waals surface area contributed by atoms with Gasteiger partial charge in [0.05, 0.1) is 0 Å². The minimum Gasteiger partial charge on any atom is -0.492 e. The molecule has 166 valence electrons. The lowest BCUT2D eigenvalue weighted by atomic mass is 10.2. The van der Waals surface area contributed by atoms with Gasteiger partial charge < -0.3 is 15.0 Å². The number of hydrogen-bond acceptors (Lipinski definition) is 6. The fraction of sp³-hybridized carbons (Fsp3) is 0.292. The second kappa shape index (κ2) is 11.0. The zero-order valence-electron chi connectivity index (χ0n) is 18.1. The maximum atomic E-state index is 12.7. The first-order chi connectivity index (χ1) is 15.7. The van der Waals surface area contributed by atoms with E-state index in [1.54, 1.807) is 18.5 Å². The Morgan fingerprint density at radius 3 is 2.50 bits per heavy atom. The SMILES string of the molecule is Cc1cc(Sc2ncccn2)ccc1NC(=O)N1CCN(CCOc2ccccc2)CC1. The molecule has 1 fully saturated rings. The van der Waals surface area contributed by atoms with Crippen molar-refractivity contribution in [2.45, 2.75) is 17.0 Å². The topological polar surface area (TPSA) is 70.6 Å². The highest BCUT2D eigenvalue weighted by Gasteiger charge is 2.21. The average molecular weight is 450 g/mol. The summed E-state index contributed by atoms with van der Waals surface area (Å²) in [5, 5.41) is 3.76. The van der Waals surface area contributed by atoms with E-state index < -0.39 is 0 Å². The molecule has 2 heterocycles. The highest BCUT2D eigenvalue weighted by molar-refractivity contribution is 7.99. The number of nitrogens with one attached hydrogen (secondary N) is 1. The number of aromatic nitrogens is 2. The molecule has 1 aromatic heterocycles. The number of anilines is 1. The van der Waals surface area contributed by atoms with Gasteiger partial charge in [-0.2, -0.15) is 0 Å². The summed E-state index contributed by atoms with van der Waals surface area (Å²) < 4.78 is 5.78. The van der Waals surface area contributed by atoms with Crippen molar-refractivity contribution in [2.24, 2.45) is 0 Å². The second-order valence-corrected chi connectivity index (χ2v) is 8.57. The van der Waals surface area contributed by atoms with E-state index >= 15 is 0 Å². The first-order valence-corrected chi connectivity index (χ1v) is 11.5. The summed E-state index contributed by atoms with van der Waals surface area (Å²) in [5.74, 6) is 0.890. The Kier molecular flexibility index (Phi) is 7.58. The van der Waals surface area contributed by atoms with Crippen LogP contribution < -0.4 is 10.1 Å². The third-order valence-electron chi connectivity index (χ3n) is 5.27. The first kappa shape index (κ1) is 22.1. The molecule has 32 heavy (non-hydrogen) atoms. The molecular weight excluding hydrogens is 422 g/mol. The number of para-hydroxylation sites is 1. The molecule has 0 saturated carbocycles. The minimum absolute atomic E-state index is 0.0555. The Labute approximate surface area is 192 Å². The van der Waals surface area contributed by atoms with E-state index in [9.17, 15) is 4.79 Å². The molecule has 2 aromatic carbocycles. The van der Waals surface area contributed by atoms with E-state index in [0.717, 1.165) is 41.5 Å². The van der Waals surface area contributed by atoms with E-state index in [4.69, 9.17) is 4.74 Å². The number of rotatable bonds is 7. The van der Waals surface area contributed by atoms with Crippen LogP contribution in [-0.4, -0.2) is 65.1 Å². The van der Waals surface area contributed by atoms with Crippen LogP contribution in [0.3, 0.4) is 0 Å². The lowest BCUT2D eigenvalue weighted by molar-refractivity contribution is 0.132. The van der Waals surface area contributed by atoms with Gasteiger partial charge in [-0.15, -0.1) is 0 Å². The second-order valence-electron chi connectivity index (χ2n) is 7.53. The Morgan fingerprint density at radius 1 is 1.03 bits per heavy atom. The molecule has 0 spiro atoms. The number of hydrogen-bond donors (Lipinski definition) is 1. The maximum Gasteiger partial charge on any atom is 0.321 e.